The number of ether oxygens (including phenoxy) is 5. The second-order valence-corrected chi connectivity index (χ2v) is 10.2. The molecule has 35 heavy (non-hydrogen) atoms. The summed E-state index contributed by atoms with van der Waals surface area (Å²) in [5.74, 6) is -5.41. The van der Waals surface area contributed by atoms with Crippen molar-refractivity contribution in [2.45, 2.75) is 96.1 Å². The molecule has 0 aromatic rings. The molecule has 2 N–H and O–H groups in total. The van der Waals surface area contributed by atoms with Crippen LogP contribution in [0.4, 0.5) is 0 Å². The van der Waals surface area contributed by atoms with Crippen LogP contribution in [0.2, 0.25) is 0 Å². The molecule has 0 unspecified atom stereocenters. The lowest BCUT2D eigenvalue weighted by Crippen LogP contribution is -2.84. The highest BCUT2D eigenvalue weighted by Gasteiger charge is 2.87. The third-order valence-electron chi connectivity index (χ3n) is 7.28. The highest BCUT2D eigenvalue weighted by Crippen LogP contribution is 2.67. The smallest absolute Gasteiger partial charge is 0.303 e. The van der Waals surface area contributed by atoms with Crippen LogP contribution in [-0.2, 0) is 47.7 Å². The minimum Gasteiger partial charge on any atom is -0.465 e. The van der Waals surface area contributed by atoms with E-state index in [4.69, 9.17) is 23.7 Å². The second-order valence-electron chi connectivity index (χ2n) is 10.2. The van der Waals surface area contributed by atoms with E-state index in [-0.39, 0.29) is 6.42 Å². The lowest BCUT2D eigenvalue weighted by molar-refractivity contribution is -0.351. The van der Waals surface area contributed by atoms with Gasteiger partial charge in [0.25, 0.3) is 0 Å². The summed E-state index contributed by atoms with van der Waals surface area (Å²) in [5.41, 5.74) is -7.80. The molecule has 1 spiro atoms. The fraction of sp³-hybridized carbons (Fsp3) is 0.783. The van der Waals surface area contributed by atoms with E-state index < -0.39 is 88.8 Å². The van der Waals surface area contributed by atoms with Crippen molar-refractivity contribution >= 4 is 29.7 Å². The first-order chi connectivity index (χ1) is 15.9. The maximum atomic E-state index is 13.8. The van der Waals surface area contributed by atoms with Crippen molar-refractivity contribution in [3.05, 3.63) is 0 Å². The number of hydrogen-bond acceptors (Lipinski definition) is 12. The van der Waals surface area contributed by atoms with E-state index in [0.29, 0.717) is 0 Å². The van der Waals surface area contributed by atoms with Gasteiger partial charge in [-0.2, -0.15) is 0 Å². The van der Waals surface area contributed by atoms with Gasteiger partial charge in [-0.15, -0.1) is 0 Å². The maximum absolute atomic E-state index is 13.8. The summed E-state index contributed by atoms with van der Waals surface area (Å²) in [5, 5.41) is 23.4. The van der Waals surface area contributed by atoms with E-state index in [1.165, 1.54) is 20.8 Å². The van der Waals surface area contributed by atoms with Crippen LogP contribution in [-0.4, -0.2) is 87.7 Å². The fourth-order valence-electron chi connectivity index (χ4n) is 6.40. The zero-order chi connectivity index (χ0) is 26.7. The Morgan fingerprint density at radius 1 is 0.943 bits per heavy atom. The minimum absolute atomic E-state index is 0.382. The average Bonchev–Trinajstić information content (AvgIpc) is 2.86. The first kappa shape index (κ1) is 27.0. The number of Topliss-reactive ketones (excluding diaryl/α,β-unsaturated/α-hetero) is 1. The molecule has 12 heteroatoms. The molecule has 1 aliphatic heterocycles. The molecular weight excluding hydrogens is 468 g/mol. The summed E-state index contributed by atoms with van der Waals surface area (Å²) >= 11 is 0. The molecule has 2 bridgehead atoms. The van der Waals surface area contributed by atoms with Crippen LogP contribution in [0, 0.1) is 11.3 Å². The number of carbonyl (C=O) groups excluding carboxylic acids is 5. The number of ketones is 1. The van der Waals surface area contributed by atoms with Crippen LogP contribution in [0.1, 0.15) is 54.9 Å². The molecule has 8 atom stereocenters. The summed E-state index contributed by atoms with van der Waals surface area (Å²) in [6.07, 6.45) is -6.88. The molecule has 12 nitrogen and oxygen atoms in total. The SMILES string of the molecule is CC(=O)OC[C@]12[C@H](OC(C)=O)C(=O)[C@@H]3[C@@H](O)[C@]1(OC3(C)C)[C@](C)(O)C[C@H](OC(C)=O)[C@@H]2OC(C)=O. The predicted molar refractivity (Wildman–Crippen MR) is 113 cm³/mol. The van der Waals surface area contributed by atoms with Gasteiger partial charge in [-0.05, 0) is 20.8 Å². The molecule has 2 aliphatic carbocycles. The topological polar surface area (TPSA) is 172 Å². The number of rotatable bonds is 5. The Kier molecular flexibility index (Phi) is 6.58. The Labute approximate surface area is 202 Å². The van der Waals surface area contributed by atoms with Gasteiger partial charge in [0.05, 0.1) is 23.2 Å². The van der Waals surface area contributed by atoms with Gasteiger partial charge in [0.15, 0.2) is 18.0 Å². The number of aliphatic hydroxyl groups excluding tert-OH is 1. The van der Waals surface area contributed by atoms with E-state index in [2.05, 4.69) is 0 Å². The second kappa shape index (κ2) is 8.52. The van der Waals surface area contributed by atoms with Gasteiger partial charge >= 0.3 is 23.9 Å². The van der Waals surface area contributed by atoms with Gasteiger partial charge in [-0.25, -0.2) is 0 Å². The van der Waals surface area contributed by atoms with E-state index in [9.17, 15) is 34.2 Å². The molecule has 0 aromatic heterocycles. The number of hydrogen-bond donors (Lipinski definition) is 2. The van der Waals surface area contributed by atoms with Crippen LogP contribution in [0.25, 0.3) is 0 Å². The van der Waals surface area contributed by atoms with Crippen LogP contribution in [0.5, 0.6) is 0 Å². The summed E-state index contributed by atoms with van der Waals surface area (Å²) in [7, 11) is 0. The third kappa shape index (κ3) is 3.82. The first-order valence-corrected chi connectivity index (χ1v) is 11.2. The number of carbonyl (C=O) groups is 5. The molecule has 3 fully saturated rings. The highest BCUT2D eigenvalue weighted by atomic mass is 16.6. The Bertz CT molecular complexity index is 954. The molecule has 1 saturated heterocycles. The zero-order valence-electron chi connectivity index (χ0n) is 20.8. The molecule has 0 radical (unpaired) electrons. The Morgan fingerprint density at radius 2 is 1.49 bits per heavy atom. The number of fused-ring (bicyclic) bond motifs is 1. The van der Waals surface area contributed by atoms with Crippen molar-refractivity contribution in [1.82, 2.24) is 0 Å². The monoisotopic (exact) mass is 500 g/mol. The molecule has 2 saturated carbocycles. The largest absolute Gasteiger partial charge is 0.465 e. The van der Waals surface area contributed by atoms with Crippen molar-refractivity contribution < 1.29 is 57.9 Å². The van der Waals surface area contributed by atoms with E-state index >= 15 is 0 Å². The average molecular weight is 500 g/mol. The van der Waals surface area contributed by atoms with Crippen LogP contribution in [0.15, 0.2) is 0 Å². The molecule has 196 valence electrons. The van der Waals surface area contributed by atoms with Crippen LogP contribution < -0.4 is 0 Å². The van der Waals surface area contributed by atoms with Crippen molar-refractivity contribution in [3.8, 4) is 0 Å². The standard InChI is InChI=1S/C23H32O12/c1-10(24)31-9-22-18(33-12(3)26)14(32-11(2)25)8-21(7,30)23(22)17(29)15(20(5,6)35-23)16(28)19(22)34-13(4)27/h14-15,17-19,29-30H,8-9H2,1-7H3/t14-,15+,17+,18-,19+,21+,22-,23-/m0/s1. The molecular formula is C23H32O12. The van der Waals surface area contributed by atoms with Gasteiger partial charge in [0.1, 0.15) is 23.7 Å². The molecule has 0 aromatic carbocycles. The van der Waals surface area contributed by atoms with Crippen LogP contribution in [0.3, 0.4) is 0 Å². The van der Waals surface area contributed by atoms with Crippen LogP contribution >= 0.6 is 0 Å². The number of esters is 4. The highest BCUT2D eigenvalue weighted by molar-refractivity contribution is 5.92. The summed E-state index contributed by atoms with van der Waals surface area (Å²) in [4.78, 5) is 62.2. The van der Waals surface area contributed by atoms with Gasteiger partial charge in [0.2, 0.25) is 0 Å². The zero-order valence-corrected chi connectivity index (χ0v) is 20.8. The predicted octanol–water partition coefficient (Wildman–Crippen LogP) is -0.407. The summed E-state index contributed by atoms with van der Waals surface area (Å²) < 4.78 is 28.1. The van der Waals surface area contributed by atoms with Gasteiger partial charge in [-0.1, -0.05) is 0 Å². The van der Waals surface area contributed by atoms with Crippen molar-refractivity contribution in [2.24, 2.45) is 11.3 Å². The van der Waals surface area contributed by atoms with E-state index in [0.717, 1.165) is 27.7 Å². The quantitative estimate of drug-likeness (QED) is 0.370. The lowest BCUT2D eigenvalue weighted by Gasteiger charge is -2.64. The first-order valence-electron chi connectivity index (χ1n) is 11.2. The van der Waals surface area contributed by atoms with E-state index in [1.807, 2.05) is 0 Å². The third-order valence-corrected chi connectivity index (χ3v) is 7.28. The fourth-order valence-corrected chi connectivity index (χ4v) is 6.40. The van der Waals surface area contributed by atoms with E-state index in [1.54, 1.807) is 0 Å². The van der Waals surface area contributed by atoms with Gasteiger partial charge in [0, 0.05) is 34.1 Å². The number of aliphatic hydroxyl groups is 2. The molecule has 3 rings (SSSR count). The van der Waals surface area contributed by atoms with Crippen molar-refractivity contribution in [2.75, 3.05) is 6.61 Å². The van der Waals surface area contributed by atoms with Gasteiger partial charge in [-0.3, -0.25) is 24.0 Å². The molecule has 3 aliphatic rings. The summed E-state index contributed by atoms with van der Waals surface area (Å²) in [6, 6.07) is 0. The molecule has 1 heterocycles. The van der Waals surface area contributed by atoms with Gasteiger partial charge < -0.3 is 33.9 Å². The Balaban J connectivity index is 2.45. The lowest BCUT2D eigenvalue weighted by atomic mass is 9.46. The van der Waals surface area contributed by atoms with Crippen molar-refractivity contribution in [3.63, 3.8) is 0 Å². The Morgan fingerprint density at radius 3 is 1.97 bits per heavy atom. The summed E-state index contributed by atoms with van der Waals surface area (Å²) in [6.45, 7) is 7.86. The van der Waals surface area contributed by atoms with Crippen molar-refractivity contribution in [1.29, 1.82) is 0 Å². The minimum atomic E-state index is -2.20. The Hall–Kier alpha value is -2.57. The maximum Gasteiger partial charge on any atom is 0.303 e. The normalized spacial score (nSPS) is 41.4. The molecule has 0 amide bonds.